The van der Waals surface area contributed by atoms with Crippen molar-refractivity contribution in [2.75, 3.05) is 7.05 Å². The first-order valence-corrected chi connectivity index (χ1v) is 6.03. The number of fused-ring (bicyclic) bond motifs is 1. The van der Waals surface area contributed by atoms with Crippen molar-refractivity contribution in [2.24, 2.45) is 0 Å². The third kappa shape index (κ3) is 1.79. The number of pyridine rings is 1. The van der Waals surface area contributed by atoms with E-state index in [-0.39, 0.29) is 6.04 Å². The maximum Gasteiger partial charge on any atom is 0.0610 e. The van der Waals surface area contributed by atoms with Crippen LogP contribution >= 0.6 is 0 Å². The van der Waals surface area contributed by atoms with Crippen LogP contribution in [0.3, 0.4) is 0 Å². The third-order valence-corrected chi connectivity index (χ3v) is 3.24. The normalized spacial score (nSPS) is 12.7. The lowest BCUT2D eigenvalue weighted by Gasteiger charge is -2.15. The number of hydrogen-bond donors (Lipinski definition) is 2. The van der Waals surface area contributed by atoms with Crippen molar-refractivity contribution in [1.82, 2.24) is 15.3 Å². The van der Waals surface area contributed by atoms with Gasteiger partial charge in [-0.1, -0.05) is 24.3 Å². The number of rotatable bonds is 3. The lowest BCUT2D eigenvalue weighted by atomic mass is 10.00. The van der Waals surface area contributed by atoms with Gasteiger partial charge in [0.15, 0.2) is 0 Å². The summed E-state index contributed by atoms with van der Waals surface area (Å²) in [5.74, 6) is 0. The number of hydrogen-bond acceptors (Lipinski definition) is 2. The van der Waals surface area contributed by atoms with Crippen molar-refractivity contribution in [3.8, 4) is 0 Å². The van der Waals surface area contributed by atoms with Gasteiger partial charge in [-0.2, -0.15) is 0 Å². The molecule has 0 spiro atoms. The smallest absolute Gasteiger partial charge is 0.0610 e. The topological polar surface area (TPSA) is 40.7 Å². The Morgan fingerprint density at radius 1 is 1.17 bits per heavy atom. The molecule has 2 aromatic heterocycles. The summed E-state index contributed by atoms with van der Waals surface area (Å²) in [6, 6.07) is 12.6. The SMILES string of the molecule is CNC(c1cccnc1)c1c[nH]c2ccccc12. The molecule has 0 aliphatic carbocycles. The van der Waals surface area contributed by atoms with E-state index in [1.165, 1.54) is 16.5 Å². The van der Waals surface area contributed by atoms with Crippen LogP contribution in [0.25, 0.3) is 10.9 Å². The summed E-state index contributed by atoms with van der Waals surface area (Å²) in [6.07, 6.45) is 5.77. The number of aromatic nitrogens is 2. The quantitative estimate of drug-likeness (QED) is 0.735. The second kappa shape index (κ2) is 4.63. The molecule has 3 rings (SSSR count). The van der Waals surface area contributed by atoms with Crippen LogP contribution in [0, 0.1) is 0 Å². The molecule has 0 saturated heterocycles. The Morgan fingerprint density at radius 3 is 2.83 bits per heavy atom. The van der Waals surface area contributed by atoms with E-state index in [9.17, 15) is 0 Å². The van der Waals surface area contributed by atoms with Crippen LogP contribution in [-0.2, 0) is 0 Å². The molecule has 1 unspecified atom stereocenters. The van der Waals surface area contributed by atoms with Crippen LogP contribution in [-0.4, -0.2) is 17.0 Å². The van der Waals surface area contributed by atoms with Crippen LogP contribution in [0.5, 0.6) is 0 Å². The molecule has 3 aromatic rings. The minimum absolute atomic E-state index is 0.162. The van der Waals surface area contributed by atoms with Crippen LogP contribution in [0.2, 0.25) is 0 Å². The molecular formula is C15H15N3. The van der Waals surface area contributed by atoms with Gasteiger partial charge in [0.05, 0.1) is 6.04 Å². The summed E-state index contributed by atoms with van der Waals surface area (Å²) in [6.45, 7) is 0. The Kier molecular flexibility index (Phi) is 2.82. The third-order valence-electron chi connectivity index (χ3n) is 3.24. The molecule has 0 saturated carbocycles. The highest BCUT2D eigenvalue weighted by Crippen LogP contribution is 2.28. The molecule has 1 atom stereocenters. The van der Waals surface area contributed by atoms with Gasteiger partial charge in [0.1, 0.15) is 0 Å². The zero-order chi connectivity index (χ0) is 12.4. The largest absolute Gasteiger partial charge is 0.361 e. The number of aromatic amines is 1. The minimum atomic E-state index is 0.162. The average Bonchev–Trinajstić information content (AvgIpc) is 2.85. The minimum Gasteiger partial charge on any atom is -0.361 e. The molecule has 18 heavy (non-hydrogen) atoms. The van der Waals surface area contributed by atoms with Crippen molar-refractivity contribution >= 4 is 10.9 Å². The van der Waals surface area contributed by atoms with Crippen LogP contribution in [0.4, 0.5) is 0 Å². The van der Waals surface area contributed by atoms with Gasteiger partial charge in [-0.3, -0.25) is 4.98 Å². The predicted octanol–water partition coefficient (Wildman–Crippen LogP) is 2.87. The Balaban J connectivity index is 2.12. The standard InChI is InChI=1S/C15H15N3/c1-16-15(11-5-4-8-17-9-11)13-10-18-14-7-3-2-6-12(13)14/h2-10,15-16,18H,1H3. The van der Waals surface area contributed by atoms with E-state index in [4.69, 9.17) is 0 Å². The molecule has 90 valence electrons. The zero-order valence-electron chi connectivity index (χ0n) is 10.2. The van der Waals surface area contributed by atoms with Gasteiger partial charge in [-0.15, -0.1) is 0 Å². The van der Waals surface area contributed by atoms with E-state index in [1.807, 2.05) is 25.4 Å². The molecule has 0 fully saturated rings. The monoisotopic (exact) mass is 237 g/mol. The van der Waals surface area contributed by atoms with Gasteiger partial charge in [0, 0.05) is 29.5 Å². The summed E-state index contributed by atoms with van der Waals surface area (Å²) < 4.78 is 0. The molecule has 0 aliphatic rings. The lowest BCUT2D eigenvalue weighted by molar-refractivity contribution is 0.693. The Bertz CT molecular complexity index is 643. The molecule has 0 bridgehead atoms. The van der Waals surface area contributed by atoms with E-state index >= 15 is 0 Å². The molecule has 3 nitrogen and oxygen atoms in total. The van der Waals surface area contributed by atoms with E-state index in [1.54, 1.807) is 6.20 Å². The number of nitrogens with zero attached hydrogens (tertiary/aromatic N) is 1. The zero-order valence-corrected chi connectivity index (χ0v) is 10.2. The lowest BCUT2D eigenvalue weighted by Crippen LogP contribution is -2.17. The van der Waals surface area contributed by atoms with Gasteiger partial charge in [0.2, 0.25) is 0 Å². The summed E-state index contributed by atoms with van der Waals surface area (Å²) in [5, 5.41) is 4.60. The molecule has 0 radical (unpaired) electrons. The fraction of sp³-hybridized carbons (Fsp3) is 0.133. The molecule has 2 N–H and O–H groups in total. The summed E-state index contributed by atoms with van der Waals surface area (Å²) >= 11 is 0. The van der Waals surface area contributed by atoms with E-state index in [0.29, 0.717) is 0 Å². The van der Waals surface area contributed by atoms with Crippen LogP contribution < -0.4 is 5.32 Å². The molecule has 0 aliphatic heterocycles. The van der Waals surface area contributed by atoms with Gasteiger partial charge in [0.25, 0.3) is 0 Å². The molecule has 3 heteroatoms. The van der Waals surface area contributed by atoms with Gasteiger partial charge < -0.3 is 10.3 Å². The second-order valence-corrected chi connectivity index (χ2v) is 4.30. The first-order valence-electron chi connectivity index (χ1n) is 6.03. The van der Waals surface area contributed by atoms with Gasteiger partial charge >= 0.3 is 0 Å². The number of para-hydroxylation sites is 1. The molecule has 1 aromatic carbocycles. The Labute approximate surface area is 106 Å². The van der Waals surface area contributed by atoms with Gasteiger partial charge in [-0.05, 0) is 30.3 Å². The Hall–Kier alpha value is -2.13. The summed E-state index contributed by atoms with van der Waals surface area (Å²) in [5.41, 5.74) is 3.59. The van der Waals surface area contributed by atoms with E-state index in [2.05, 4.69) is 45.7 Å². The molecule has 2 heterocycles. The summed E-state index contributed by atoms with van der Waals surface area (Å²) in [4.78, 5) is 7.51. The van der Waals surface area contributed by atoms with Crippen molar-refractivity contribution in [1.29, 1.82) is 0 Å². The van der Waals surface area contributed by atoms with Crippen molar-refractivity contribution in [3.63, 3.8) is 0 Å². The second-order valence-electron chi connectivity index (χ2n) is 4.30. The first-order chi connectivity index (χ1) is 8.90. The van der Waals surface area contributed by atoms with E-state index in [0.717, 1.165) is 5.52 Å². The number of benzene rings is 1. The maximum atomic E-state index is 4.19. The fourth-order valence-electron chi connectivity index (χ4n) is 2.38. The average molecular weight is 237 g/mol. The van der Waals surface area contributed by atoms with Crippen molar-refractivity contribution in [2.45, 2.75) is 6.04 Å². The first kappa shape index (κ1) is 11.0. The Morgan fingerprint density at radius 2 is 2.06 bits per heavy atom. The molecule has 0 amide bonds. The van der Waals surface area contributed by atoms with Crippen molar-refractivity contribution < 1.29 is 0 Å². The highest BCUT2D eigenvalue weighted by Gasteiger charge is 2.15. The predicted molar refractivity (Wildman–Crippen MR) is 73.4 cm³/mol. The van der Waals surface area contributed by atoms with Crippen LogP contribution in [0.15, 0.2) is 55.0 Å². The maximum absolute atomic E-state index is 4.19. The highest BCUT2D eigenvalue weighted by molar-refractivity contribution is 5.84. The fourth-order valence-corrected chi connectivity index (χ4v) is 2.38. The number of H-pyrrole nitrogens is 1. The van der Waals surface area contributed by atoms with Gasteiger partial charge in [-0.25, -0.2) is 0 Å². The number of nitrogens with one attached hydrogen (secondary N) is 2. The molecular weight excluding hydrogens is 222 g/mol. The summed E-state index contributed by atoms with van der Waals surface area (Å²) in [7, 11) is 1.97. The highest BCUT2D eigenvalue weighted by atomic mass is 14.9. The van der Waals surface area contributed by atoms with Crippen LogP contribution in [0.1, 0.15) is 17.2 Å². The van der Waals surface area contributed by atoms with Crippen molar-refractivity contribution in [3.05, 3.63) is 66.1 Å². The van der Waals surface area contributed by atoms with E-state index < -0.39 is 0 Å².